The van der Waals surface area contributed by atoms with Crippen LogP contribution in [0.5, 0.6) is 11.5 Å². The van der Waals surface area contributed by atoms with Gasteiger partial charge in [0.1, 0.15) is 16.4 Å². The number of thiophene rings is 1. The fourth-order valence-electron chi connectivity index (χ4n) is 2.06. The molecule has 1 aromatic heterocycles. The summed E-state index contributed by atoms with van der Waals surface area (Å²) >= 11 is 4.65. The second-order valence-electron chi connectivity index (χ2n) is 5.47. The summed E-state index contributed by atoms with van der Waals surface area (Å²) < 4.78 is 11.6. The molecule has 1 amide bonds. The predicted octanol–water partition coefficient (Wildman–Crippen LogP) is 4.26. The molecule has 0 unspecified atom stereocenters. The molecule has 0 saturated heterocycles. The number of halogens is 1. The summed E-state index contributed by atoms with van der Waals surface area (Å²) in [6.07, 6.45) is 1.49. The van der Waals surface area contributed by atoms with Crippen molar-refractivity contribution >= 4 is 45.4 Å². The molecule has 0 atom stereocenters. The standard InChI is InChI=1S/C20H15BrN2O4S/c21-15-5-9-16(10-6-15)26-13-19(24)23-22-12-14-3-7-17(8-4-14)27-20(25)18-2-1-11-28-18/h1-12H,13H2,(H,23,24)/b22-12-. The van der Waals surface area contributed by atoms with Crippen molar-refractivity contribution in [2.75, 3.05) is 6.61 Å². The third-order valence-electron chi connectivity index (χ3n) is 3.40. The van der Waals surface area contributed by atoms with Crippen LogP contribution < -0.4 is 14.9 Å². The number of rotatable bonds is 7. The highest BCUT2D eigenvalue weighted by molar-refractivity contribution is 9.10. The van der Waals surface area contributed by atoms with Crippen LogP contribution >= 0.6 is 27.3 Å². The topological polar surface area (TPSA) is 77.0 Å². The number of carbonyl (C=O) groups is 2. The van der Waals surface area contributed by atoms with E-state index in [1.807, 2.05) is 17.5 Å². The number of nitrogens with zero attached hydrogens (tertiary/aromatic N) is 1. The van der Waals surface area contributed by atoms with Crippen molar-refractivity contribution in [1.82, 2.24) is 5.43 Å². The van der Waals surface area contributed by atoms with E-state index in [9.17, 15) is 9.59 Å². The van der Waals surface area contributed by atoms with Crippen molar-refractivity contribution in [2.45, 2.75) is 0 Å². The van der Waals surface area contributed by atoms with Gasteiger partial charge in [-0.25, -0.2) is 10.2 Å². The minimum absolute atomic E-state index is 0.142. The lowest BCUT2D eigenvalue weighted by Gasteiger charge is -2.05. The van der Waals surface area contributed by atoms with Crippen LogP contribution in [-0.2, 0) is 4.79 Å². The molecule has 0 spiro atoms. The first-order valence-electron chi connectivity index (χ1n) is 8.16. The summed E-state index contributed by atoms with van der Waals surface area (Å²) in [4.78, 5) is 24.2. The Hall–Kier alpha value is -2.97. The van der Waals surface area contributed by atoms with Crippen molar-refractivity contribution in [2.24, 2.45) is 5.10 Å². The molecule has 3 rings (SSSR count). The van der Waals surface area contributed by atoms with Crippen molar-refractivity contribution in [3.05, 3.63) is 81.0 Å². The normalized spacial score (nSPS) is 10.6. The second-order valence-corrected chi connectivity index (χ2v) is 7.34. The van der Waals surface area contributed by atoms with E-state index in [0.29, 0.717) is 16.4 Å². The van der Waals surface area contributed by atoms with Crippen LogP contribution in [-0.4, -0.2) is 24.7 Å². The third kappa shape index (κ3) is 6.04. The largest absolute Gasteiger partial charge is 0.484 e. The van der Waals surface area contributed by atoms with Crippen LogP contribution in [0.3, 0.4) is 0 Å². The van der Waals surface area contributed by atoms with Gasteiger partial charge < -0.3 is 9.47 Å². The van der Waals surface area contributed by atoms with Gasteiger partial charge in [0.2, 0.25) is 0 Å². The lowest BCUT2D eigenvalue weighted by Crippen LogP contribution is -2.24. The van der Waals surface area contributed by atoms with Crippen LogP contribution in [0.1, 0.15) is 15.2 Å². The maximum absolute atomic E-state index is 11.9. The summed E-state index contributed by atoms with van der Waals surface area (Å²) in [5.41, 5.74) is 3.13. The first-order chi connectivity index (χ1) is 13.6. The minimum atomic E-state index is -0.394. The molecule has 1 N–H and O–H groups in total. The number of esters is 1. The highest BCUT2D eigenvalue weighted by Crippen LogP contribution is 2.17. The van der Waals surface area contributed by atoms with E-state index in [0.717, 1.165) is 10.0 Å². The molecule has 142 valence electrons. The van der Waals surface area contributed by atoms with Crippen LogP contribution in [0.15, 0.2) is 75.6 Å². The monoisotopic (exact) mass is 458 g/mol. The van der Waals surface area contributed by atoms with E-state index in [1.54, 1.807) is 48.5 Å². The molecule has 1 heterocycles. The molecule has 6 nitrogen and oxygen atoms in total. The number of carbonyl (C=O) groups excluding carboxylic acids is 2. The number of benzene rings is 2. The summed E-state index contributed by atoms with van der Waals surface area (Å²) in [5.74, 6) is 0.257. The number of nitrogens with one attached hydrogen (secondary N) is 1. The molecule has 0 aliphatic carbocycles. The van der Waals surface area contributed by atoms with Gasteiger partial charge in [-0.3, -0.25) is 4.79 Å². The molecule has 2 aromatic carbocycles. The zero-order valence-electron chi connectivity index (χ0n) is 14.5. The fraction of sp³-hybridized carbons (Fsp3) is 0.0500. The van der Waals surface area contributed by atoms with Gasteiger partial charge in [-0.05, 0) is 65.5 Å². The third-order valence-corrected chi connectivity index (χ3v) is 4.78. The molecular weight excluding hydrogens is 444 g/mol. The molecular formula is C20H15BrN2O4S. The van der Waals surface area contributed by atoms with Crippen molar-refractivity contribution < 1.29 is 19.1 Å². The average molecular weight is 459 g/mol. The summed E-state index contributed by atoms with van der Waals surface area (Å²) in [5, 5.41) is 5.69. The zero-order valence-corrected chi connectivity index (χ0v) is 16.9. The SMILES string of the molecule is O=C(COc1ccc(Br)cc1)N/N=C\c1ccc(OC(=O)c2cccs2)cc1. The van der Waals surface area contributed by atoms with Gasteiger partial charge in [0, 0.05) is 4.47 Å². The Labute approximate surface area is 173 Å². The van der Waals surface area contributed by atoms with Gasteiger partial charge in [-0.1, -0.05) is 22.0 Å². The zero-order chi connectivity index (χ0) is 19.8. The maximum Gasteiger partial charge on any atom is 0.353 e. The van der Waals surface area contributed by atoms with E-state index in [2.05, 4.69) is 26.5 Å². The highest BCUT2D eigenvalue weighted by atomic mass is 79.9. The Balaban J connectivity index is 1.44. The van der Waals surface area contributed by atoms with Crippen molar-refractivity contribution in [3.8, 4) is 11.5 Å². The number of hydrazone groups is 1. The Bertz CT molecular complexity index is 955. The number of hydrogen-bond acceptors (Lipinski definition) is 6. The first kappa shape index (κ1) is 19.8. The Kier molecular flexibility index (Phi) is 6.94. The van der Waals surface area contributed by atoms with E-state index in [1.165, 1.54) is 17.6 Å². The van der Waals surface area contributed by atoms with Gasteiger partial charge in [0.25, 0.3) is 5.91 Å². The molecule has 0 bridgehead atoms. The maximum atomic E-state index is 11.9. The minimum Gasteiger partial charge on any atom is -0.484 e. The Morgan fingerprint density at radius 2 is 1.75 bits per heavy atom. The molecule has 8 heteroatoms. The Morgan fingerprint density at radius 1 is 1.04 bits per heavy atom. The number of amides is 1. The summed E-state index contributed by atoms with van der Waals surface area (Å²) in [6, 6.07) is 17.4. The van der Waals surface area contributed by atoms with Crippen LogP contribution in [0, 0.1) is 0 Å². The van der Waals surface area contributed by atoms with Gasteiger partial charge in [-0.15, -0.1) is 11.3 Å². The molecule has 0 aliphatic rings. The lowest BCUT2D eigenvalue weighted by molar-refractivity contribution is -0.123. The van der Waals surface area contributed by atoms with E-state index < -0.39 is 5.97 Å². The van der Waals surface area contributed by atoms with Crippen molar-refractivity contribution in [3.63, 3.8) is 0 Å². The smallest absolute Gasteiger partial charge is 0.353 e. The molecule has 3 aromatic rings. The Morgan fingerprint density at radius 3 is 2.43 bits per heavy atom. The van der Waals surface area contributed by atoms with Gasteiger partial charge in [-0.2, -0.15) is 5.10 Å². The van der Waals surface area contributed by atoms with Gasteiger partial charge >= 0.3 is 5.97 Å². The summed E-state index contributed by atoms with van der Waals surface area (Å²) in [7, 11) is 0. The average Bonchev–Trinajstić information content (AvgIpc) is 3.24. The molecule has 0 saturated carbocycles. The second kappa shape index (κ2) is 9.82. The van der Waals surface area contributed by atoms with E-state index in [-0.39, 0.29) is 12.5 Å². The number of ether oxygens (including phenoxy) is 2. The highest BCUT2D eigenvalue weighted by Gasteiger charge is 2.09. The van der Waals surface area contributed by atoms with Gasteiger partial charge in [0.05, 0.1) is 6.21 Å². The van der Waals surface area contributed by atoms with E-state index in [4.69, 9.17) is 9.47 Å². The van der Waals surface area contributed by atoms with Gasteiger partial charge in [0.15, 0.2) is 6.61 Å². The molecule has 0 fully saturated rings. The molecule has 0 radical (unpaired) electrons. The van der Waals surface area contributed by atoms with Crippen LogP contribution in [0.4, 0.5) is 0 Å². The molecule has 28 heavy (non-hydrogen) atoms. The van der Waals surface area contributed by atoms with Crippen molar-refractivity contribution in [1.29, 1.82) is 0 Å². The molecule has 0 aliphatic heterocycles. The first-order valence-corrected chi connectivity index (χ1v) is 9.83. The number of hydrogen-bond donors (Lipinski definition) is 1. The van der Waals surface area contributed by atoms with Crippen LogP contribution in [0.25, 0.3) is 0 Å². The van der Waals surface area contributed by atoms with Crippen LogP contribution in [0.2, 0.25) is 0 Å². The quantitative estimate of drug-likeness (QED) is 0.248. The predicted molar refractivity (Wildman–Crippen MR) is 111 cm³/mol. The lowest BCUT2D eigenvalue weighted by atomic mass is 10.2. The fourth-order valence-corrected chi connectivity index (χ4v) is 2.93. The summed E-state index contributed by atoms with van der Waals surface area (Å²) in [6.45, 7) is -0.142. The van der Waals surface area contributed by atoms with E-state index >= 15 is 0 Å².